The molecule has 23 heavy (non-hydrogen) atoms. The number of carbonyl (C=O) groups is 1. The summed E-state index contributed by atoms with van der Waals surface area (Å²) in [6.45, 7) is 0.145. The van der Waals surface area contributed by atoms with Crippen molar-refractivity contribution in [2.75, 3.05) is 20.7 Å². The molecule has 0 saturated carbocycles. The Kier molecular flexibility index (Phi) is 8.20. The van der Waals surface area contributed by atoms with Gasteiger partial charge < -0.3 is 15.4 Å². The summed E-state index contributed by atoms with van der Waals surface area (Å²) in [5.74, 6) is -0.0179. The Balaban J connectivity index is 2.87. The van der Waals surface area contributed by atoms with Crippen LogP contribution in [0.3, 0.4) is 0 Å². The Labute approximate surface area is 142 Å². The molecular weight excluding hydrogens is 338 g/mol. The van der Waals surface area contributed by atoms with E-state index in [1.165, 1.54) is 0 Å². The molecule has 1 rings (SSSR count). The van der Waals surface area contributed by atoms with E-state index in [1.807, 2.05) is 0 Å². The molecule has 1 aromatic carbocycles. The summed E-state index contributed by atoms with van der Waals surface area (Å²) < 4.78 is 29.3. The second-order valence-corrected chi connectivity index (χ2v) is 5.71. The van der Waals surface area contributed by atoms with Gasteiger partial charge in [0.25, 0.3) is 0 Å². The van der Waals surface area contributed by atoms with E-state index < -0.39 is 16.4 Å². The fourth-order valence-electron chi connectivity index (χ4n) is 1.98. The number of ether oxygens (including phenoxy) is 1. The maximum absolute atomic E-state index is 12.4. The largest absolute Gasteiger partial charge is 0.497 e. The molecular formula is C14H19N3O4S2. The van der Waals surface area contributed by atoms with Crippen LogP contribution < -0.4 is 15.4 Å². The Morgan fingerprint density at radius 3 is 2.52 bits per heavy atom. The molecule has 7 nitrogen and oxygen atoms in total. The molecule has 1 aromatic rings. The molecule has 1 atom stereocenters. The first-order chi connectivity index (χ1) is 11.0. The van der Waals surface area contributed by atoms with Crippen LogP contribution in [-0.2, 0) is 15.3 Å². The molecule has 0 aromatic heterocycles. The van der Waals surface area contributed by atoms with Gasteiger partial charge in [-0.3, -0.25) is 4.79 Å². The topological polar surface area (TPSA) is 96.9 Å². The van der Waals surface area contributed by atoms with Crippen molar-refractivity contribution in [1.82, 2.24) is 10.6 Å². The average molecular weight is 357 g/mol. The lowest BCUT2D eigenvalue weighted by Crippen LogP contribution is -2.40. The summed E-state index contributed by atoms with van der Waals surface area (Å²) in [4.78, 5) is 12.4. The fraction of sp³-hybridized carbons (Fsp3) is 0.429. The fourth-order valence-corrected chi connectivity index (χ4v) is 2.36. The summed E-state index contributed by atoms with van der Waals surface area (Å²) in [5, 5.41) is 5.52. The third-order valence-electron chi connectivity index (χ3n) is 3.15. The van der Waals surface area contributed by atoms with Crippen molar-refractivity contribution >= 4 is 33.7 Å². The third-order valence-corrected chi connectivity index (χ3v) is 3.85. The van der Waals surface area contributed by atoms with Crippen LogP contribution in [0.2, 0.25) is 0 Å². The molecule has 126 valence electrons. The summed E-state index contributed by atoms with van der Waals surface area (Å²) in [6.07, 6.45) is 0.912. The molecule has 0 saturated heterocycles. The first-order valence-corrected chi connectivity index (χ1v) is 8.35. The lowest BCUT2D eigenvalue weighted by atomic mass is 9.93. The third kappa shape index (κ3) is 6.74. The van der Waals surface area contributed by atoms with Crippen LogP contribution in [0.1, 0.15) is 24.3 Å². The van der Waals surface area contributed by atoms with Crippen LogP contribution in [0.15, 0.2) is 28.6 Å². The molecule has 0 aliphatic carbocycles. The van der Waals surface area contributed by atoms with Gasteiger partial charge in [-0.05, 0) is 42.8 Å². The minimum atomic E-state index is -2.42. The van der Waals surface area contributed by atoms with Crippen molar-refractivity contribution in [2.45, 2.75) is 18.8 Å². The number of benzene rings is 1. The summed E-state index contributed by atoms with van der Waals surface area (Å²) in [5.41, 5.74) is 0.797. The van der Waals surface area contributed by atoms with E-state index in [0.717, 1.165) is 5.56 Å². The Hall–Kier alpha value is -2.00. The van der Waals surface area contributed by atoms with Crippen molar-refractivity contribution in [3.05, 3.63) is 29.8 Å². The lowest BCUT2D eigenvalue weighted by Gasteiger charge is -2.17. The van der Waals surface area contributed by atoms with Crippen LogP contribution in [0.25, 0.3) is 0 Å². The predicted molar refractivity (Wildman–Crippen MR) is 91.0 cm³/mol. The standard InChI is InChI=1S/C14H19N3O4S2/c1-15-14(22)17-13(18)12(4-3-9-16-23(19)20)10-5-7-11(21-2)8-6-10/h5-8,12H,3-4,9H2,1-2H3,(H2,15,17,18,22). The minimum absolute atomic E-state index is 0.145. The molecule has 0 radical (unpaired) electrons. The molecule has 9 heteroatoms. The van der Waals surface area contributed by atoms with E-state index in [0.29, 0.717) is 18.6 Å². The number of hydrogen-bond acceptors (Lipinski definition) is 6. The lowest BCUT2D eigenvalue weighted by molar-refractivity contribution is -0.121. The van der Waals surface area contributed by atoms with Crippen molar-refractivity contribution in [2.24, 2.45) is 4.36 Å². The van der Waals surface area contributed by atoms with Crippen LogP contribution in [0, 0.1) is 0 Å². The van der Waals surface area contributed by atoms with E-state index in [2.05, 4.69) is 15.0 Å². The van der Waals surface area contributed by atoms with Gasteiger partial charge in [0, 0.05) is 7.05 Å². The van der Waals surface area contributed by atoms with Gasteiger partial charge in [-0.25, -0.2) is 0 Å². The average Bonchev–Trinajstić information content (AvgIpc) is 2.54. The molecule has 1 amide bonds. The quantitative estimate of drug-likeness (QED) is 0.563. The number of thiocarbonyl (C=S) groups is 1. The summed E-state index contributed by atoms with van der Waals surface area (Å²) in [6, 6.07) is 7.13. The van der Waals surface area contributed by atoms with Crippen molar-refractivity contribution in [1.29, 1.82) is 0 Å². The van der Waals surface area contributed by atoms with E-state index >= 15 is 0 Å². The highest BCUT2D eigenvalue weighted by atomic mass is 32.2. The molecule has 0 spiro atoms. The van der Waals surface area contributed by atoms with E-state index in [-0.39, 0.29) is 17.6 Å². The zero-order valence-corrected chi connectivity index (χ0v) is 14.5. The van der Waals surface area contributed by atoms with Gasteiger partial charge in [-0.1, -0.05) is 12.1 Å². The highest BCUT2D eigenvalue weighted by Crippen LogP contribution is 2.24. The predicted octanol–water partition coefficient (Wildman–Crippen LogP) is 1.24. The minimum Gasteiger partial charge on any atom is -0.497 e. The van der Waals surface area contributed by atoms with Gasteiger partial charge in [0.2, 0.25) is 5.91 Å². The van der Waals surface area contributed by atoms with E-state index in [4.69, 9.17) is 17.0 Å². The number of nitrogens with zero attached hydrogens (tertiary/aromatic N) is 1. The number of methoxy groups -OCH3 is 1. The monoisotopic (exact) mass is 357 g/mol. The molecule has 0 fully saturated rings. The number of hydrogen-bond donors (Lipinski definition) is 2. The summed E-state index contributed by atoms with van der Waals surface area (Å²) in [7, 11) is 0.760. The molecule has 2 N–H and O–H groups in total. The number of carbonyl (C=O) groups excluding carboxylic acids is 1. The van der Waals surface area contributed by atoms with Gasteiger partial charge in [0.1, 0.15) is 5.75 Å². The molecule has 0 bridgehead atoms. The van der Waals surface area contributed by atoms with Gasteiger partial charge in [0.05, 0.1) is 19.6 Å². The molecule has 0 aliphatic heterocycles. The zero-order valence-electron chi connectivity index (χ0n) is 12.9. The SMILES string of the molecule is CNC(=S)NC(=O)C(CCCN=S(=O)=O)c1ccc(OC)cc1. The van der Waals surface area contributed by atoms with Gasteiger partial charge in [0.15, 0.2) is 5.11 Å². The van der Waals surface area contributed by atoms with Gasteiger partial charge >= 0.3 is 10.5 Å². The number of nitrogens with one attached hydrogen (secondary N) is 2. The highest BCUT2D eigenvalue weighted by molar-refractivity contribution is 7.80. The number of amides is 1. The Morgan fingerprint density at radius 1 is 1.35 bits per heavy atom. The van der Waals surface area contributed by atoms with Crippen LogP contribution in [0.4, 0.5) is 0 Å². The molecule has 0 heterocycles. The maximum atomic E-state index is 12.4. The second-order valence-electron chi connectivity index (χ2n) is 4.61. The van der Waals surface area contributed by atoms with Gasteiger partial charge in [-0.15, -0.1) is 0 Å². The zero-order chi connectivity index (χ0) is 17.2. The Morgan fingerprint density at radius 2 is 2.00 bits per heavy atom. The van der Waals surface area contributed by atoms with E-state index in [9.17, 15) is 13.2 Å². The number of rotatable bonds is 7. The normalized spacial score (nSPS) is 11.2. The van der Waals surface area contributed by atoms with Crippen molar-refractivity contribution < 1.29 is 17.9 Å². The first kappa shape index (κ1) is 19.0. The van der Waals surface area contributed by atoms with Crippen molar-refractivity contribution in [3.63, 3.8) is 0 Å². The second kappa shape index (κ2) is 9.90. The van der Waals surface area contributed by atoms with Crippen molar-refractivity contribution in [3.8, 4) is 5.75 Å². The van der Waals surface area contributed by atoms with Gasteiger partial charge in [-0.2, -0.15) is 12.8 Å². The first-order valence-electron chi connectivity index (χ1n) is 6.91. The van der Waals surface area contributed by atoms with Crippen LogP contribution >= 0.6 is 12.2 Å². The van der Waals surface area contributed by atoms with E-state index in [1.54, 1.807) is 38.4 Å². The highest BCUT2D eigenvalue weighted by Gasteiger charge is 2.21. The smallest absolute Gasteiger partial charge is 0.311 e. The summed E-state index contributed by atoms with van der Waals surface area (Å²) >= 11 is 4.95. The van der Waals surface area contributed by atoms with Crippen LogP contribution in [-0.4, -0.2) is 40.1 Å². The maximum Gasteiger partial charge on any atom is 0.311 e. The Bertz CT molecular complexity index is 664. The molecule has 1 unspecified atom stereocenters. The van der Waals surface area contributed by atoms with Crippen LogP contribution in [0.5, 0.6) is 5.75 Å². The molecule has 0 aliphatic rings.